The molecule has 1 aromatic carbocycles. The van der Waals surface area contributed by atoms with Crippen LogP contribution in [0, 0.1) is 27.7 Å². The number of aromatic nitrogens is 2. The Hall–Kier alpha value is -1.61. The molecule has 0 aliphatic heterocycles. The second kappa shape index (κ2) is 4.94. The van der Waals surface area contributed by atoms with Crippen LogP contribution >= 0.6 is 11.6 Å². The van der Waals surface area contributed by atoms with Crippen LogP contribution in [0.2, 0.25) is 5.15 Å². The Bertz CT molecular complexity index is 597. The number of benzene rings is 1. The molecule has 0 amide bonds. The third kappa shape index (κ3) is 2.46. The maximum atomic E-state index is 6.03. The van der Waals surface area contributed by atoms with E-state index in [-0.39, 0.29) is 0 Å². The Morgan fingerprint density at radius 2 is 1.72 bits per heavy atom. The lowest BCUT2D eigenvalue weighted by Crippen LogP contribution is -1.99. The van der Waals surface area contributed by atoms with Crippen molar-refractivity contribution in [2.24, 2.45) is 0 Å². The van der Waals surface area contributed by atoms with Crippen LogP contribution in [0.4, 0.5) is 0 Å². The van der Waals surface area contributed by atoms with Crippen LogP contribution in [0.5, 0.6) is 11.6 Å². The van der Waals surface area contributed by atoms with Gasteiger partial charge in [0.1, 0.15) is 16.7 Å². The zero-order chi connectivity index (χ0) is 13.3. The highest BCUT2D eigenvalue weighted by atomic mass is 35.5. The largest absolute Gasteiger partial charge is 0.438 e. The van der Waals surface area contributed by atoms with Gasteiger partial charge in [-0.2, -0.15) is 4.98 Å². The molecule has 3 nitrogen and oxygen atoms in total. The summed E-state index contributed by atoms with van der Waals surface area (Å²) in [6.45, 7) is 7.71. The van der Waals surface area contributed by atoms with Gasteiger partial charge < -0.3 is 4.74 Å². The zero-order valence-corrected chi connectivity index (χ0v) is 11.7. The minimum Gasteiger partial charge on any atom is -0.438 e. The highest BCUT2D eigenvalue weighted by Gasteiger charge is 2.11. The molecule has 2 aromatic rings. The van der Waals surface area contributed by atoms with Gasteiger partial charge >= 0.3 is 0 Å². The summed E-state index contributed by atoms with van der Waals surface area (Å²) in [5.41, 5.74) is 3.04. The van der Waals surface area contributed by atoms with Gasteiger partial charge in [-0.05, 0) is 44.9 Å². The van der Waals surface area contributed by atoms with Crippen molar-refractivity contribution in [2.75, 3.05) is 0 Å². The Morgan fingerprint density at radius 3 is 2.44 bits per heavy atom. The van der Waals surface area contributed by atoms with Crippen LogP contribution in [-0.4, -0.2) is 9.97 Å². The maximum absolute atomic E-state index is 6.03. The fourth-order valence-electron chi connectivity index (χ4n) is 1.61. The highest BCUT2D eigenvalue weighted by molar-refractivity contribution is 6.30. The highest BCUT2D eigenvalue weighted by Crippen LogP contribution is 2.29. The molecule has 2 rings (SSSR count). The summed E-state index contributed by atoms with van der Waals surface area (Å²) in [5.74, 6) is 1.92. The van der Waals surface area contributed by atoms with Crippen molar-refractivity contribution in [3.63, 3.8) is 0 Å². The minimum atomic E-state index is 0.433. The lowest BCUT2D eigenvalue weighted by atomic mass is 10.1. The SMILES string of the molecule is Cc1nc(Cl)c(C)c(Oc2cccc(C)c2C)n1. The van der Waals surface area contributed by atoms with Gasteiger partial charge in [-0.3, -0.25) is 0 Å². The van der Waals surface area contributed by atoms with E-state index in [4.69, 9.17) is 16.3 Å². The molecule has 0 bridgehead atoms. The van der Waals surface area contributed by atoms with Crippen LogP contribution in [-0.2, 0) is 0 Å². The second-order valence-electron chi connectivity index (χ2n) is 4.29. The smallest absolute Gasteiger partial charge is 0.226 e. The van der Waals surface area contributed by atoms with Crippen molar-refractivity contribution in [3.8, 4) is 11.6 Å². The van der Waals surface area contributed by atoms with E-state index in [1.165, 1.54) is 5.56 Å². The van der Waals surface area contributed by atoms with Crippen molar-refractivity contribution >= 4 is 11.6 Å². The van der Waals surface area contributed by atoms with Crippen LogP contribution in [0.15, 0.2) is 18.2 Å². The number of aryl methyl sites for hydroxylation is 2. The minimum absolute atomic E-state index is 0.433. The van der Waals surface area contributed by atoms with Gasteiger partial charge in [-0.25, -0.2) is 4.98 Å². The van der Waals surface area contributed by atoms with Crippen LogP contribution in [0.3, 0.4) is 0 Å². The first-order chi connectivity index (χ1) is 8.49. The third-order valence-electron chi connectivity index (χ3n) is 2.92. The topological polar surface area (TPSA) is 35.0 Å². The predicted octanol–water partition coefficient (Wildman–Crippen LogP) is 4.16. The van der Waals surface area contributed by atoms with Crippen LogP contribution in [0.1, 0.15) is 22.5 Å². The standard InChI is InChI=1S/C14H15ClN2O/c1-8-6-5-7-12(9(8)2)18-14-10(3)13(15)16-11(4)17-14/h5-7H,1-4H3. The van der Waals surface area contributed by atoms with E-state index in [1.807, 2.05) is 39.0 Å². The van der Waals surface area contributed by atoms with E-state index in [0.717, 1.165) is 16.9 Å². The van der Waals surface area contributed by atoms with Crippen molar-refractivity contribution < 1.29 is 4.74 Å². The summed E-state index contributed by atoms with van der Waals surface area (Å²) in [4.78, 5) is 8.37. The molecule has 94 valence electrons. The number of hydrogen-bond acceptors (Lipinski definition) is 3. The molecule has 1 heterocycles. The molecule has 0 fully saturated rings. The fourth-order valence-corrected chi connectivity index (χ4v) is 1.81. The van der Waals surface area contributed by atoms with E-state index in [0.29, 0.717) is 16.9 Å². The molecule has 4 heteroatoms. The second-order valence-corrected chi connectivity index (χ2v) is 4.65. The van der Waals surface area contributed by atoms with Crippen molar-refractivity contribution in [2.45, 2.75) is 27.7 Å². The van der Waals surface area contributed by atoms with Gasteiger partial charge in [0.15, 0.2) is 0 Å². The van der Waals surface area contributed by atoms with Crippen molar-refractivity contribution in [3.05, 3.63) is 45.9 Å². The van der Waals surface area contributed by atoms with Gasteiger partial charge in [0.2, 0.25) is 5.88 Å². The summed E-state index contributed by atoms with van der Waals surface area (Å²) >= 11 is 6.03. The molecule has 0 N–H and O–H groups in total. The Kier molecular flexibility index (Phi) is 3.53. The first-order valence-corrected chi connectivity index (χ1v) is 6.11. The number of rotatable bonds is 2. The van der Waals surface area contributed by atoms with Gasteiger partial charge in [0.25, 0.3) is 0 Å². The monoisotopic (exact) mass is 262 g/mol. The summed E-state index contributed by atoms with van der Waals surface area (Å²) < 4.78 is 5.85. The normalized spacial score (nSPS) is 10.5. The molecular weight excluding hydrogens is 248 g/mol. The van der Waals surface area contributed by atoms with E-state index < -0.39 is 0 Å². The first kappa shape index (κ1) is 12.8. The fraction of sp³-hybridized carbons (Fsp3) is 0.286. The summed E-state index contributed by atoms with van der Waals surface area (Å²) in [6.07, 6.45) is 0. The van der Waals surface area contributed by atoms with E-state index in [9.17, 15) is 0 Å². The van der Waals surface area contributed by atoms with Crippen molar-refractivity contribution in [1.29, 1.82) is 0 Å². The quantitative estimate of drug-likeness (QED) is 0.763. The Morgan fingerprint density at radius 1 is 1.00 bits per heavy atom. The van der Waals surface area contributed by atoms with E-state index >= 15 is 0 Å². The lowest BCUT2D eigenvalue weighted by molar-refractivity contribution is 0.452. The molecule has 0 saturated carbocycles. The molecule has 0 spiro atoms. The number of nitrogens with zero attached hydrogens (tertiary/aromatic N) is 2. The molecule has 0 atom stereocenters. The zero-order valence-electron chi connectivity index (χ0n) is 10.9. The van der Waals surface area contributed by atoms with E-state index in [1.54, 1.807) is 6.92 Å². The summed E-state index contributed by atoms with van der Waals surface area (Å²) in [5, 5.41) is 0.433. The average Bonchev–Trinajstić information content (AvgIpc) is 2.31. The molecular formula is C14H15ClN2O. The summed E-state index contributed by atoms with van der Waals surface area (Å²) in [7, 11) is 0. The van der Waals surface area contributed by atoms with E-state index in [2.05, 4.69) is 9.97 Å². The first-order valence-electron chi connectivity index (χ1n) is 5.74. The molecule has 18 heavy (non-hydrogen) atoms. The number of halogens is 1. The molecule has 0 unspecified atom stereocenters. The molecule has 0 aliphatic carbocycles. The Balaban J connectivity index is 2.43. The van der Waals surface area contributed by atoms with Gasteiger partial charge in [0.05, 0.1) is 0 Å². The van der Waals surface area contributed by atoms with Crippen LogP contribution < -0.4 is 4.74 Å². The van der Waals surface area contributed by atoms with Gasteiger partial charge in [-0.15, -0.1) is 0 Å². The number of hydrogen-bond donors (Lipinski definition) is 0. The molecule has 0 saturated heterocycles. The molecule has 0 aliphatic rings. The van der Waals surface area contributed by atoms with Crippen LogP contribution in [0.25, 0.3) is 0 Å². The summed E-state index contributed by atoms with van der Waals surface area (Å²) in [6, 6.07) is 5.93. The van der Waals surface area contributed by atoms with Gasteiger partial charge in [0, 0.05) is 5.56 Å². The number of ether oxygens (including phenoxy) is 1. The third-order valence-corrected chi connectivity index (χ3v) is 3.28. The Labute approximate surface area is 112 Å². The van der Waals surface area contributed by atoms with Crippen molar-refractivity contribution in [1.82, 2.24) is 9.97 Å². The maximum Gasteiger partial charge on any atom is 0.226 e. The predicted molar refractivity (Wildman–Crippen MR) is 72.5 cm³/mol. The van der Waals surface area contributed by atoms with Gasteiger partial charge in [-0.1, -0.05) is 23.7 Å². The molecule has 0 radical (unpaired) electrons. The molecule has 1 aromatic heterocycles. The average molecular weight is 263 g/mol. The lowest BCUT2D eigenvalue weighted by Gasteiger charge is -2.12.